The normalized spacial score (nSPS) is 20.1. The van der Waals surface area contributed by atoms with Gasteiger partial charge in [-0.1, -0.05) is 18.2 Å². The second-order valence-corrected chi connectivity index (χ2v) is 4.42. The van der Waals surface area contributed by atoms with Crippen LogP contribution in [-0.2, 0) is 16.1 Å². The monoisotopic (exact) mass is 264 g/mol. The fraction of sp³-hybridized carbons (Fsp3) is 0.385. The van der Waals surface area contributed by atoms with Crippen molar-refractivity contribution in [1.82, 2.24) is 4.90 Å². The first kappa shape index (κ1) is 13.5. The van der Waals surface area contributed by atoms with Crippen molar-refractivity contribution < 1.29 is 19.4 Å². The fourth-order valence-corrected chi connectivity index (χ4v) is 2.17. The number of hydrogen-bond acceptors (Lipinski definition) is 4. The minimum absolute atomic E-state index is 0.161. The van der Waals surface area contributed by atoms with Crippen LogP contribution in [0, 0.1) is 0 Å². The Balaban J connectivity index is 2.19. The molecule has 6 heteroatoms. The van der Waals surface area contributed by atoms with Crippen molar-refractivity contribution in [2.45, 2.75) is 12.6 Å². The summed E-state index contributed by atoms with van der Waals surface area (Å²) in [5.41, 5.74) is 6.48. The van der Waals surface area contributed by atoms with Crippen LogP contribution in [0.25, 0.3) is 0 Å². The molecule has 1 atom stereocenters. The molecule has 2 rings (SSSR count). The van der Waals surface area contributed by atoms with Crippen LogP contribution < -0.4 is 5.73 Å². The Kier molecular flexibility index (Phi) is 4.13. The van der Waals surface area contributed by atoms with E-state index in [1.807, 2.05) is 0 Å². The quantitative estimate of drug-likeness (QED) is 0.802. The molecule has 0 aromatic heterocycles. The van der Waals surface area contributed by atoms with Crippen molar-refractivity contribution in [1.29, 1.82) is 0 Å². The summed E-state index contributed by atoms with van der Waals surface area (Å²) < 4.78 is 5.17. The van der Waals surface area contributed by atoms with E-state index in [-0.39, 0.29) is 6.61 Å². The number of carbonyl (C=O) groups is 2. The molecule has 1 saturated heterocycles. The number of rotatable bonds is 4. The molecule has 1 aromatic carbocycles. The smallest absolute Gasteiger partial charge is 0.323 e. The SMILES string of the molecule is NC(=O)c1ccccc1CN1CCOCC1C(=O)O. The summed E-state index contributed by atoms with van der Waals surface area (Å²) in [5.74, 6) is -1.42. The largest absolute Gasteiger partial charge is 0.480 e. The molecule has 1 aromatic rings. The summed E-state index contributed by atoms with van der Waals surface area (Å²) in [6.07, 6.45) is 0. The summed E-state index contributed by atoms with van der Waals surface area (Å²) in [6, 6.07) is 6.28. The number of hydrogen-bond donors (Lipinski definition) is 2. The second-order valence-electron chi connectivity index (χ2n) is 4.42. The highest BCUT2D eigenvalue weighted by molar-refractivity contribution is 5.94. The van der Waals surface area contributed by atoms with Gasteiger partial charge in [0.05, 0.1) is 13.2 Å². The molecule has 3 N–H and O–H groups in total. The van der Waals surface area contributed by atoms with Gasteiger partial charge in [-0.2, -0.15) is 0 Å². The number of amides is 1. The van der Waals surface area contributed by atoms with Crippen molar-refractivity contribution in [3.8, 4) is 0 Å². The minimum Gasteiger partial charge on any atom is -0.480 e. The summed E-state index contributed by atoms with van der Waals surface area (Å²) >= 11 is 0. The van der Waals surface area contributed by atoms with Crippen molar-refractivity contribution in [3.05, 3.63) is 35.4 Å². The first-order valence-corrected chi connectivity index (χ1v) is 6.02. The Labute approximate surface area is 110 Å². The topological polar surface area (TPSA) is 92.9 Å². The fourth-order valence-electron chi connectivity index (χ4n) is 2.17. The maximum absolute atomic E-state index is 11.3. The zero-order valence-electron chi connectivity index (χ0n) is 10.4. The van der Waals surface area contributed by atoms with E-state index >= 15 is 0 Å². The van der Waals surface area contributed by atoms with Gasteiger partial charge >= 0.3 is 5.97 Å². The Morgan fingerprint density at radius 2 is 2.16 bits per heavy atom. The van der Waals surface area contributed by atoms with E-state index in [1.54, 1.807) is 29.2 Å². The highest BCUT2D eigenvalue weighted by Gasteiger charge is 2.29. The maximum Gasteiger partial charge on any atom is 0.323 e. The number of nitrogens with two attached hydrogens (primary N) is 1. The molecule has 6 nitrogen and oxygen atoms in total. The molecule has 1 heterocycles. The molecule has 19 heavy (non-hydrogen) atoms. The van der Waals surface area contributed by atoms with Gasteiger partial charge in [0.25, 0.3) is 0 Å². The summed E-state index contributed by atoms with van der Waals surface area (Å²) in [5, 5.41) is 9.15. The van der Waals surface area contributed by atoms with E-state index in [2.05, 4.69) is 0 Å². The van der Waals surface area contributed by atoms with E-state index in [4.69, 9.17) is 15.6 Å². The van der Waals surface area contributed by atoms with Crippen molar-refractivity contribution in [2.24, 2.45) is 5.73 Å². The van der Waals surface area contributed by atoms with Crippen LogP contribution in [0.2, 0.25) is 0 Å². The molecule has 0 saturated carbocycles. The Bertz CT molecular complexity index is 489. The van der Waals surface area contributed by atoms with Crippen molar-refractivity contribution in [2.75, 3.05) is 19.8 Å². The van der Waals surface area contributed by atoms with Crippen LogP contribution in [0.15, 0.2) is 24.3 Å². The Morgan fingerprint density at radius 1 is 1.42 bits per heavy atom. The lowest BCUT2D eigenvalue weighted by molar-refractivity contribution is -0.150. The van der Waals surface area contributed by atoms with E-state index in [1.165, 1.54) is 0 Å². The Morgan fingerprint density at radius 3 is 2.84 bits per heavy atom. The number of benzene rings is 1. The van der Waals surface area contributed by atoms with Crippen LogP contribution in [0.4, 0.5) is 0 Å². The number of carboxylic acids is 1. The number of morpholine rings is 1. The van der Waals surface area contributed by atoms with Crippen molar-refractivity contribution >= 4 is 11.9 Å². The molecule has 1 aliphatic heterocycles. The van der Waals surface area contributed by atoms with Gasteiger partial charge < -0.3 is 15.6 Å². The summed E-state index contributed by atoms with van der Waals surface area (Å²) in [6.45, 7) is 1.54. The number of nitrogens with zero attached hydrogens (tertiary/aromatic N) is 1. The molecule has 102 valence electrons. The third-order valence-electron chi connectivity index (χ3n) is 3.18. The van der Waals surface area contributed by atoms with Gasteiger partial charge in [0.1, 0.15) is 6.04 Å². The van der Waals surface area contributed by atoms with Crippen molar-refractivity contribution in [3.63, 3.8) is 0 Å². The van der Waals surface area contributed by atoms with Gasteiger partial charge in [0.15, 0.2) is 0 Å². The lowest BCUT2D eigenvalue weighted by Gasteiger charge is -2.33. The minimum atomic E-state index is -0.920. The highest BCUT2D eigenvalue weighted by atomic mass is 16.5. The zero-order chi connectivity index (χ0) is 13.8. The van der Waals surface area contributed by atoms with Crippen LogP contribution in [0.3, 0.4) is 0 Å². The summed E-state index contributed by atoms with van der Waals surface area (Å²) in [7, 11) is 0. The molecule has 0 bridgehead atoms. The van der Waals surface area contributed by atoms with Crippen LogP contribution in [-0.4, -0.2) is 47.7 Å². The van der Waals surface area contributed by atoms with E-state index in [0.29, 0.717) is 25.3 Å². The van der Waals surface area contributed by atoms with Crippen LogP contribution >= 0.6 is 0 Å². The van der Waals surface area contributed by atoms with E-state index in [9.17, 15) is 9.59 Å². The van der Waals surface area contributed by atoms with Gasteiger partial charge in [-0.25, -0.2) is 0 Å². The number of carboxylic acid groups (broad SMARTS) is 1. The van der Waals surface area contributed by atoms with Gasteiger partial charge in [0, 0.05) is 18.7 Å². The molecule has 1 fully saturated rings. The molecule has 0 radical (unpaired) electrons. The first-order valence-electron chi connectivity index (χ1n) is 6.02. The van der Waals surface area contributed by atoms with Gasteiger partial charge in [-0.15, -0.1) is 0 Å². The molecular formula is C13H16N2O4. The number of carbonyl (C=O) groups excluding carboxylic acids is 1. The van der Waals surface area contributed by atoms with Crippen LogP contribution in [0.5, 0.6) is 0 Å². The number of ether oxygens (including phenoxy) is 1. The molecule has 0 aliphatic carbocycles. The predicted molar refractivity (Wildman–Crippen MR) is 67.6 cm³/mol. The maximum atomic E-state index is 11.3. The third kappa shape index (κ3) is 3.10. The predicted octanol–water partition coefficient (Wildman–Crippen LogP) is 0.0709. The molecule has 1 unspecified atom stereocenters. The third-order valence-corrected chi connectivity index (χ3v) is 3.18. The molecule has 0 spiro atoms. The zero-order valence-corrected chi connectivity index (χ0v) is 10.4. The molecule has 1 amide bonds. The Hall–Kier alpha value is -1.92. The number of primary amides is 1. The van der Waals surface area contributed by atoms with Crippen LogP contribution in [0.1, 0.15) is 15.9 Å². The highest BCUT2D eigenvalue weighted by Crippen LogP contribution is 2.16. The van der Waals surface area contributed by atoms with Gasteiger partial charge in [-0.3, -0.25) is 14.5 Å². The van der Waals surface area contributed by atoms with E-state index in [0.717, 1.165) is 5.56 Å². The molecule has 1 aliphatic rings. The first-order chi connectivity index (χ1) is 9.09. The lowest BCUT2D eigenvalue weighted by atomic mass is 10.1. The number of aliphatic carboxylic acids is 1. The lowest BCUT2D eigenvalue weighted by Crippen LogP contribution is -2.49. The molecular weight excluding hydrogens is 248 g/mol. The average molecular weight is 264 g/mol. The second kappa shape index (κ2) is 5.81. The standard InChI is InChI=1S/C13H16N2O4/c14-12(16)10-4-2-1-3-9(10)7-15-5-6-19-8-11(15)13(17)18/h1-4,11H,5-8H2,(H2,14,16)(H,17,18). The average Bonchev–Trinajstić information content (AvgIpc) is 2.39. The van der Waals surface area contributed by atoms with Gasteiger partial charge in [0.2, 0.25) is 5.91 Å². The van der Waals surface area contributed by atoms with E-state index < -0.39 is 17.9 Å². The van der Waals surface area contributed by atoms with Gasteiger partial charge in [-0.05, 0) is 11.6 Å². The summed E-state index contributed by atoms with van der Waals surface area (Å²) in [4.78, 5) is 24.3.